The summed E-state index contributed by atoms with van der Waals surface area (Å²) in [6, 6.07) is 10.5. The standard InChI is InChI=1S/C18H15Cl2NO4S/c1-25-11-3-5-14-15(7-11)26-16(8-17(22)23)18(24)21(14)9-10-2-4-12(19)13(20)6-10/h2-7,16H,8-9H2,1H3,(H,22,23). The lowest BCUT2D eigenvalue weighted by molar-refractivity contribution is -0.138. The number of carboxylic acids is 1. The van der Waals surface area contributed by atoms with E-state index >= 15 is 0 Å². The first kappa shape index (κ1) is 18.9. The molecular weight excluding hydrogens is 397 g/mol. The number of halogens is 2. The van der Waals surface area contributed by atoms with Crippen LogP contribution in [-0.2, 0) is 16.1 Å². The van der Waals surface area contributed by atoms with E-state index in [-0.39, 0.29) is 18.9 Å². The molecule has 0 fully saturated rings. The van der Waals surface area contributed by atoms with Gasteiger partial charge < -0.3 is 14.7 Å². The Labute approximate surface area is 164 Å². The highest BCUT2D eigenvalue weighted by atomic mass is 35.5. The lowest BCUT2D eigenvalue weighted by atomic mass is 10.1. The van der Waals surface area contributed by atoms with Crippen molar-refractivity contribution in [1.82, 2.24) is 0 Å². The molecule has 3 rings (SSSR count). The van der Waals surface area contributed by atoms with Crippen molar-refractivity contribution in [1.29, 1.82) is 0 Å². The van der Waals surface area contributed by atoms with Gasteiger partial charge in [0.25, 0.3) is 0 Å². The molecule has 8 heteroatoms. The maximum absolute atomic E-state index is 12.9. The second-order valence-electron chi connectivity index (χ2n) is 5.71. The number of methoxy groups -OCH3 is 1. The Balaban J connectivity index is 1.99. The number of carboxylic acid groups (broad SMARTS) is 1. The van der Waals surface area contributed by atoms with Crippen molar-refractivity contribution in [2.75, 3.05) is 12.0 Å². The average molecular weight is 412 g/mol. The summed E-state index contributed by atoms with van der Waals surface area (Å²) in [4.78, 5) is 26.4. The molecule has 1 N–H and O–H groups in total. The summed E-state index contributed by atoms with van der Waals surface area (Å²) in [5.74, 6) is -0.619. The minimum Gasteiger partial charge on any atom is -0.497 e. The summed E-state index contributed by atoms with van der Waals surface area (Å²) >= 11 is 13.3. The monoisotopic (exact) mass is 411 g/mol. The Kier molecular flexibility index (Phi) is 5.65. The SMILES string of the molecule is COc1ccc2c(c1)SC(CC(=O)O)C(=O)N2Cc1ccc(Cl)c(Cl)c1. The van der Waals surface area contributed by atoms with Crippen LogP contribution in [-0.4, -0.2) is 29.3 Å². The van der Waals surface area contributed by atoms with E-state index in [0.29, 0.717) is 21.5 Å². The third-order valence-electron chi connectivity index (χ3n) is 3.95. The van der Waals surface area contributed by atoms with Crippen LogP contribution in [0.25, 0.3) is 0 Å². The molecule has 26 heavy (non-hydrogen) atoms. The van der Waals surface area contributed by atoms with E-state index in [1.165, 1.54) is 11.8 Å². The van der Waals surface area contributed by atoms with Crippen molar-refractivity contribution >= 4 is 52.5 Å². The Morgan fingerprint density at radius 2 is 2.00 bits per heavy atom. The van der Waals surface area contributed by atoms with E-state index in [4.69, 9.17) is 33.0 Å². The van der Waals surface area contributed by atoms with Gasteiger partial charge in [-0.05, 0) is 35.9 Å². The summed E-state index contributed by atoms with van der Waals surface area (Å²) in [6.45, 7) is 0.270. The van der Waals surface area contributed by atoms with E-state index in [1.54, 1.807) is 42.3 Å². The number of rotatable bonds is 5. The molecule has 0 spiro atoms. The summed E-state index contributed by atoms with van der Waals surface area (Å²) in [5, 5.41) is 9.27. The van der Waals surface area contributed by atoms with Crippen molar-refractivity contribution in [3.8, 4) is 5.75 Å². The fourth-order valence-electron chi connectivity index (χ4n) is 2.71. The van der Waals surface area contributed by atoms with Gasteiger partial charge in [0, 0.05) is 4.90 Å². The topological polar surface area (TPSA) is 66.8 Å². The van der Waals surface area contributed by atoms with E-state index in [9.17, 15) is 9.59 Å². The maximum atomic E-state index is 12.9. The van der Waals surface area contributed by atoms with Crippen molar-refractivity contribution in [2.24, 2.45) is 0 Å². The molecule has 0 aliphatic carbocycles. The van der Waals surface area contributed by atoms with Crippen molar-refractivity contribution in [2.45, 2.75) is 23.1 Å². The van der Waals surface area contributed by atoms with Crippen LogP contribution in [0, 0.1) is 0 Å². The molecule has 5 nitrogen and oxygen atoms in total. The van der Waals surface area contributed by atoms with Crippen molar-refractivity contribution in [3.05, 3.63) is 52.0 Å². The molecule has 0 bridgehead atoms. The maximum Gasteiger partial charge on any atom is 0.305 e. The fourth-order valence-corrected chi connectivity index (χ4v) is 4.27. The molecule has 2 aromatic rings. The number of fused-ring (bicyclic) bond motifs is 1. The van der Waals surface area contributed by atoms with E-state index in [1.807, 2.05) is 6.07 Å². The Morgan fingerprint density at radius 1 is 1.23 bits per heavy atom. The molecule has 2 aromatic carbocycles. The summed E-state index contributed by atoms with van der Waals surface area (Å²) in [6.07, 6.45) is -0.252. The molecule has 1 amide bonds. The second-order valence-corrected chi connectivity index (χ2v) is 7.77. The molecule has 0 saturated carbocycles. The molecule has 1 unspecified atom stereocenters. The van der Waals surface area contributed by atoms with E-state index < -0.39 is 11.2 Å². The average Bonchev–Trinajstić information content (AvgIpc) is 2.60. The number of carbonyl (C=O) groups is 2. The first-order valence-corrected chi connectivity index (χ1v) is 9.34. The molecule has 1 aliphatic rings. The number of carbonyl (C=O) groups excluding carboxylic acids is 1. The van der Waals surface area contributed by atoms with Gasteiger partial charge in [0.15, 0.2) is 0 Å². The van der Waals surface area contributed by atoms with Crippen LogP contribution in [0.2, 0.25) is 10.0 Å². The number of thioether (sulfide) groups is 1. The quantitative estimate of drug-likeness (QED) is 0.784. The normalized spacial score (nSPS) is 16.3. The third kappa shape index (κ3) is 3.92. The highest BCUT2D eigenvalue weighted by molar-refractivity contribution is 8.01. The van der Waals surface area contributed by atoms with Crippen LogP contribution in [0.5, 0.6) is 5.75 Å². The predicted octanol–water partition coefficient (Wildman–Crippen LogP) is 4.48. The number of aliphatic carboxylic acids is 1. The fraction of sp³-hybridized carbons (Fsp3) is 0.222. The van der Waals surface area contributed by atoms with Crippen LogP contribution in [0.1, 0.15) is 12.0 Å². The Bertz CT molecular complexity index is 874. The van der Waals surface area contributed by atoms with Crippen LogP contribution in [0.15, 0.2) is 41.3 Å². The van der Waals surface area contributed by atoms with Crippen LogP contribution >= 0.6 is 35.0 Å². The zero-order chi connectivity index (χ0) is 18.8. The highest BCUT2D eigenvalue weighted by Gasteiger charge is 2.35. The molecule has 1 aliphatic heterocycles. The van der Waals surface area contributed by atoms with E-state index in [2.05, 4.69) is 0 Å². The van der Waals surface area contributed by atoms with Crippen LogP contribution < -0.4 is 9.64 Å². The first-order valence-electron chi connectivity index (χ1n) is 7.71. The van der Waals surface area contributed by atoms with E-state index in [0.717, 1.165) is 10.5 Å². The summed E-state index contributed by atoms with van der Waals surface area (Å²) < 4.78 is 5.24. The second kappa shape index (κ2) is 7.78. The first-order chi connectivity index (χ1) is 12.4. The lowest BCUT2D eigenvalue weighted by Gasteiger charge is -2.33. The smallest absolute Gasteiger partial charge is 0.305 e. The number of ether oxygens (including phenoxy) is 1. The molecule has 1 atom stereocenters. The summed E-state index contributed by atoms with van der Waals surface area (Å²) in [5.41, 5.74) is 1.52. The van der Waals surface area contributed by atoms with Gasteiger partial charge in [-0.15, -0.1) is 11.8 Å². The van der Waals surface area contributed by atoms with Gasteiger partial charge in [-0.3, -0.25) is 9.59 Å². The summed E-state index contributed by atoms with van der Waals surface area (Å²) in [7, 11) is 1.56. The van der Waals surface area contributed by atoms with Gasteiger partial charge in [0.2, 0.25) is 5.91 Å². The van der Waals surface area contributed by atoms with Crippen LogP contribution in [0.4, 0.5) is 5.69 Å². The largest absolute Gasteiger partial charge is 0.497 e. The van der Waals surface area contributed by atoms with Gasteiger partial charge in [-0.2, -0.15) is 0 Å². The number of hydrogen-bond acceptors (Lipinski definition) is 4. The minimum atomic E-state index is -1.02. The van der Waals surface area contributed by atoms with Gasteiger partial charge in [0.05, 0.1) is 41.1 Å². The minimum absolute atomic E-state index is 0.249. The molecule has 0 radical (unpaired) electrons. The lowest BCUT2D eigenvalue weighted by Crippen LogP contribution is -2.41. The number of benzene rings is 2. The van der Waals surface area contributed by atoms with Crippen molar-refractivity contribution < 1.29 is 19.4 Å². The van der Waals surface area contributed by atoms with Crippen molar-refractivity contribution in [3.63, 3.8) is 0 Å². The predicted molar refractivity (Wildman–Crippen MR) is 103 cm³/mol. The zero-order valence-corrected chi connectivity index (χ0v) is 16.1. The number of nitrogens with zero attached hydrogens (tertiary/aromatic N) is 1. The highest BCUT2D eigenvalue weighted by Crippen LogP contribution is 2.43. The van der Waals surface area contributed by atoms with Gasteiger partial charge in [0.1, 0.15) is 5.75 Å². The van der Waals surface area contributed by atoms with Gasteiger partial charge in [-0.25, -0.2) is 0 Å². The van der Waals surface area contributed by atoms with Gasteiger partial charge >= 0.3 is 5.97 Å². The Hall–Kier alpha value is -1.89. The molecule has 136 valence electrons. The molecular formula is C18H15Cl2NO4S. The number of anilines is 1. The Morgan fingerprint density at radius 3 is 2.65 bits per heavy atom. The molecule has 0 saturated heterocycles. The molecule has 1 heterocycles. The third-order valence-corrected chi connectivity index (χ3v) is 5.93. The number of amides is 1. The molecule has 0 aromatic heterocycles. The zero-order valence-electron chi connectivity index (χ0n) is 13.7. The van der Waals surface area contributed by atoms with Gasteiger partial charge in [-0.1, -0.05) is 29.3 Å². The number of hydrogen-bond donors (Lipinski definition) is 1. The van der Waals surface area contributed by atoms with Crippen LogP contribution in [0.3, 0.4) is 0 Å².